The van der Waals surface area contributed by atoms with Crippen molar-refractivity contribution < 1.29 is 17.9 Å². The van der Waals surface area contributed by atoms with Gasteiger partial charge in [0.15, 0.2) is 5.13 Å². The van der Waals surface area contributed by atoms with Crippen LogP contribution in [0.1, 0.15) is 20.3 Å². The largest absolute Gasteiger partial charge is 0.487 e. The van der Waals surface area contributed by atoms with Crippen LogP contribution in [0.5, 0.6) is 5.75 Å². The second kappa shape index (κ2) is 8.54. The second-order valence-electron chi connectivity index (χ2n) is 8.26. The van der Waals surface area contributed by atoms with Gasteiger partial charge in [0.1, 0.15) is 22.2 Å². The summed E-state index contributed by atoms with van der Waals surface area (Å²) in [6.45, 7) is 5.79. The summed E-state index contributed by atoms with van der Waals surface area (Å²) >= 11 is 1.52. The zero-order valence-corrected chi connectivity index (χ0v) is 20.1. The first kappa shape index (κ1) is 22.1. The van der Waals surface area contributed by atoms with Crippen molar-refractivity contribution >= 4 is 48.4 Å². The van der Waals surface area contributed by atoms with Gasteiger partial charge in [-0.15, -0.1) is 0 Å². The molecular weight excluding hydrogens is 462 g/mol. The third-order valence-electron chi connectivity index (χ3n) is 5.89. The molecule has 1 atom stereocenters. The number of amides is 1. The molecule has 0 bridgehead atoms. The van der Waals surface area contributed by atoms with Crippen LogP contribution in [0, 0.1) is 0 Å². The second-order valence-corrected chi connectivity index (χ2v) is 11.2. The van der Waals surface area contributed by atoms with Crippen molar-refractivity contribution in [1.29, 1.82) is 0 Å². The average molecular weight is 488 g/mol. The molecule has 2 aromatic heterocycles. The van der Waals surface area contributed by atoms with Gasteiger partial charge in [-0.05, 0) is 43.7 Å². The molecule has 0 saturated carbocycles. The number of hydrogen-bond acceptors (Lipinski definition) is 8. The SMILES string of the molecule is CC(=O)N1CC(C)Oc2ccc(S(=O)(=O)N3CCCN(c4nc5cccnc5s4)CC3)cc21. The Bertz CT molecular complexity index is 1280. The number of nitrogens with zero attached hydrogens (tertiary/aromatic N) is 5. The van der Waals surface area contributed by atoms with Gasteiger partial charge in [-0.2, -0.15) is 4.31 Å². The summed E-state index contributed by atoms with van der Waals surface area (Å²) in [6.07, 6.45) is 2.28. The quantitative estimate of drug-likeness (QED) is 0.560. The number of hydrogen-bond donors (Lipinski definition) is 0. The first-order valence-corrected chi connectivity index (χ1v) is 13.1. The maximum Gasteiger partial charge on any atom is 0.243 e. The van der Waals surface area contributed by atoms with Gasteiger partial charge in [-0.3, -0.25) is 4.79 Å². The first-order chi connectivity index (χ1) is 15.8. The van der Waals surface area contributed by atoms with Crippen LogP contribution in [-0.4, -0.2) is 67.4 Å². The molecule has 33 heavy (non-hydrogen) atoms. The van der Waals surface area contributed by atoms with Gasteiger partial charge in [0, 0.05) is 39.3 Å². The molecule has 5 rings (SSSR count). The van der Waals surface area contributed by atoms with Crippen LogP contribution in [0.15, 0.2) is 41.4 Å². The van der Waals surface area contributed by atoms with Gasteiger partial charge in [-0.25, -0.2) is 18.4 Å². The summed E-state index contributed by atoms with van der Waals surface area (Å²) in [5, 5.41) is 0.861. The van der Waals surface area contributed by atoms with Crippen molar-refractivity contribution in [3.05, 3.63) is 36.5 Å². The van der Waals surface area contributed by atoms with Gasteiger partial charge < -0.3 is 14.5 Å². The van der Waals surface area contributed by atoms with E-state index in [0.29, 0.717) is 44.0 Å². The van der Waals surface area contributed by atoms with E-state index in [9.17, 15) is 13.2 Å². The minimum Gasteiger partial charge on any atom is -0.487 e. The van der Waals surface area contributed by atoms with E-state index >= 15 is 0 Å². The monoisotopic (exact) mass is 487 g/mol. The average Bonchev–Trinajstić information content (AvgIpc) is 3.06. The summed E-state index contributed by atoms with van der Waals surface area (Å²) in [7, 11) is -3.73. The van der Waals surface area contributed by atoms with Gasteiger partial charge in [0.25, 0.3) is 0 Å². The third kappa shape index (κ3) is 4.16. The molecule has 0 spiro atoms. The minimum absolute atomic E-state index is 0.142. The molecular formula is C22H25N5O4S2. The van der Waals surface area contributed by atoms with E-state index in [4.69, 9.17) is 4.74 Å². The van der Waals surface area contributed by atoms with Crippen molar-refractivity contribution in [2.24, 2.45) is 0 Å². The lowest BCUT2D eigenvalue weighted by Gasteiger charge is -2.33. The number of rotatable bonds is 3. The number of aromatic nitrogens is 2. The zero-order valence-electron chi connectivity index (χ0n) is 18.5. The molecule has 1 amide bonds. The fraction of sp³-hybridized carbons (Fsp3) is 0.409. The van der Waals surface area contributed by atoms with E-state index in [1.165, 1.54) is 22.6 Å². The van der Waals surface area contributed by atoms with E-state index < -0.39 is 10.0 Å². The highest BCUT2D eigenvalue weighted by Crippen LogP contribution is 2.36. The topological polar surface area (TPSA) is 95.9 Å². The molecule has 1 saturated heterocycles. The van der Waals surface area contributed by atoms with Crippen LogP contribution in [-0.2, 0) is 14.8 Å². The number of fused-ring (bicyclic) bond motifs is 2. The molecule has 1 unspecified atom stereocenters. The molecule has 0 N–H and O–H groups in total. The zero-order chi connectivity index (χ0) is 23.2. The predicted molar refractivity (Wildman–Crippen MR) is 128 cm³/mol. The Hall–Kier alpha value is -2.76. The van der Waals surface area contributed by atoms with E-state index in [-0.39, 0.29) is 16.9 Å². The van der Waals surface area contributed by atoms with Crippen molar-refractivity contribution in [3.63, 3.8) is 0 Å². The molecule has 0 aliphatic carbocycles. The Kier molecular flexibility index (Phi) is 5.71. The van der Waals surface area contributed by atoms with Crippen molar-refractivity contribution in [2.75, 3.05) is 42.5 Å². The lowest BCUT2D eigenvalue weighted by Crippen LogP contribution is -2.41. The number of benzene rings is 1. The fourth-order valence-corrected chi connectivity index (χ4v) is 6.69. The van der Waals surface area contributed by atoms with Crippen LogP contribution in [0.3, 0.4) is 0 Å². The van der Waals surface area contributed by atoms with E-state index in [1.54, 1.807) is 29.3 Å². The Morgan fingerprint density at radius 3 is 2.82 bits per heavy atom. The number of pyridine rings is 1. The molecule has 4 heterocycles. The number of carbonyl (C=O) groups is 1. The highest BCUT2D eigenvalue weighted by atomic mass is 32.2. The minimum atomic E-state index is -3.73. The lowest BCUT2D eigenvalue weighted by molar-refractivity contribution is -0.117. The number of ether oxygens (including phenoxy) is 1. The van der Waals surface area contributed by atoms with Gasteiger partial charge in [-0.1, -0.05) is 11.3 Å². The standard InChI is InChI=1S/C22H25N5O4S2/c1-15-14-27(16(2)28)19-13-17(6-7-20(19)31-15)33(29,30)26-10-4-9-25(11-12-26)22-24-18-5-3-8-23-21(18)32-22/h3,5-8,13,15H,4,9-12,14H2,1-2H3. The number of thiazole rings is 1. The van der Waals surface area contributed by atoms with Crippen LogP contribution >= 0.6 is 11.3 Å². The Morgan fingerprint density at radius 2 is 2.03 bits per heavy atom. The Labute approximate surface area is 196 Å². The molecule has 1 aromatic carbocycles. The summed E-state index contributed by atoms with van der Waals surface area (Å²) in [5.41, 5.74) is 1.35. The summed E-state index contributed by atoms with van der Waals surface area (Å²) < 4.78 is 34.3. The molecule has 11 heteroatoms. The van der Waals surface area contributed by atoms with E-state index in [1.807, 2.05) is 19.1 Å². The van der Waals surface area contributed by atoms with Crippen LogP contribution in [0.2, 0.25) is 0 Å². The van der Waals surface area contributed by atoms with Crippen LogP contribution in [0.25, 0.3) is 10.3 Å². The molecule has 9 nitrogen and oxygen atoms in total. The number of anilines is 2. The molecule has 1 fully saturated rings. The fourth-order valence-electron chi connectivity index (χ4n) is 4.24. The highest BCUT2D eigenvalue weighted by molar-refractivity contribution is 7.89. The lowest BCUT2D eigenvalue weighted by atomic mass is 10.2. The summed E-state index contributed by atoms with van der Waals surface area (Å²) in [5.74, 6) is 0.381. The Balaban J connectivity index is 1.38. The summed E-state index contributed by atoms with van der Waals surface area (Å²) in [6, 6.07) is 8.56. The van der Waals surface area contributed by atoms with Crippen molar-refractivity contribution in [1.82, 2.24) is 14.3 Å². The van der Waals surface area contributed by atoms with Crippen molar-refractivity contribution in [2.45, 2.75) is 31.3 Å². The maximum absolute atomic E-state index is 13.5. The molecule has 2 aliphatic rings. The van der Waals surface area contributed by atoms with Gasteiger partial charge in [0.05, 0.1) is 17.1 Å². The molecule has 0 radical (unpaired) electrons. The van der Waals surface area contributed by atoms with Crippen molar-refractivity contribution in [3.8, 4) is 5.75 Å². The predicted octanol–water partition coefficient (Wildman–Crippen LogP) is 2.73. The number of sulfonamides is 1. The van der Waals surface area contributed by atoms with Gasteiger partial charge >= 0.3 is 0 Å². The van der Waals surface area contributed by atoms with E-state index in [0.717, 1.165) is 22.0 Å². The smallest absolute Gasteiger partial charge is 0.243 e. The Morgan fingerprint density at radius 1 is 1.18 bits per heavy atom. The molecule has 3 aromatic rings. The maximum atomic E-state index is 13.5. The normalized spacial score (nSPS) is 19.8. The highest BCUT2D eigenvalue weighted by Gasteiger charge is 2.31. The number of carbonyl (C=O) groups excluding carboxylic acids is 1. The van der Waals surface area contributed by atoms with E-state index in [2.05, 4.69) is 14.9 Å². The van der Waals surface area contributed by atoms with Crippen LogP contribution < -0.4 is 14.5 Å². The first-order valence-electron chi connectivity index (χ1n) is 10.9. The molecule has 174 valence electrons. The van der Waals surface area contributed by atoms with Crippen LogP contribution in [0.4, 0.5) is 10.8 Å². The molecule has 2 aliphatic heterocycles. The summed E-state index contributed by atoms with van der Waals surface area (Å²) in [4.78, 5) is 25.9. The third-order valence-corrected chi connectivity index (χ3v) is 8.82. The van der Waals surface area contributed by atoms with Gasteiger partial charge in [0.2, 0.25) is 15.9 Å².